The summed E-state index contributed by atoms with van der Waals surface area (Å²) in [6, 6.07) is 3.15. The molecular weight excluding hydrogens is 322 g/mol. The molecule has 25 heavy (non-hydrogen) atoms. The van der Waals surface area contributed by atoms with Crippen LogP contribution in [0.3, 0.4) is 0 Å². The molecule has 0 spiro atoms. The third kappa shape index (κ3) is 3.55. The minimum absolute atomic E-state index is 0.189. The fourth-order valence-electron chi connectivity index (χ4n) is 2.84. The van der Waals surface area contributed by atoms with Gasteiger partial charge in [-0.25, -0.2) is 0 Å². The van der Waals surface area contributed by atoms with E-state index in [0.717, 1.165) is 17.8 Å². The summed E-state index contributed by atoms with van der Waals surface area (Å²) in [4.78, 5) is 12.7. The highest BCUT2D eigenvalue weighted by molar-refractivity contribution is 5.98. The van der Waals surface area contributed by atoms with Gasteiger partial charge < -0.3 is 19.5 Å². The molecule has 0 fully saturated rings. The number of hydrogen-bond donors (Lipinski definition) is 1. The lowest BCUT2D eigenvalue weighted by Gasteiger charge is -2.18. The van der Waals surface area contributed by atoms with E-state index in [1.807, 2.05) is 25.5 Å². The molecule has 0 aliphatic rings. The smallest absolute Gasteiger partial charge is 0.255 e. The molecule has 1 atom stereocenters. The van der Waals surface area contributed by atoms with Crippen LogP contribution < -0.4 is 19.5 Å². The molecule has 0 saturated heterocycles. The zero-order valence-corrected chi connectivity index (χ0v) is 15.5. The fourth-order valence-corrected chi connectivity index (χ4v) is 2.84. The molecule has 0 bridgehead atoms. The quantitative estimate of drug-likeness (QED) is 0.833. The minimum Gasteiger partial charge on any atom is -0.493 e. The van der Waals surface area contributed by atoms with Gasteiger partial charge in [0.05, 0.1) is 39.1 Å². The van der Waals surface area contributed by atoms with E-state index in [2.05, 4.69) is 10.4 Å². The van der Waals surface area contributed by atoms with Crippen molar-refractivity contribution in [1.82, 2.24) is 15.1 Å². The van der Waals surface area contributed by atoms with E-state index in [4.69, 9.17) is 14.2 Å². The molecule has 0 saturated carbocycles. The standard InChI is InChI=1S/C18H25N3O4/c1-7-21-12(3)14(10-19-21)11(2)20-18(22)13-8-9-15(23-4)17(25-6)16(13)24-5/h8-11H,7H2,1-6H3,(H,20,22). The van der Waals surface area contributed by atoms with Crippen molar-refractivity contribution in [2.24, 2.45) is 0 Å². The number of carbonyl (C=O) groups excluding carboxylic acids is 1. The number of aryl methyl sites for hydroxylation is 1. The molecule has 2 rings (SSSR count). The van der Waals surface area contributed by atoms with Crippen molar-refractivity contribution in [3.63, 3.8) is 0 Å². The van der Waals surface area contributed by atoms with Gasteiger partial charge in [0.25, 0.3) is 5.91 Å². The Morgan fingerprint density at radius 2 is 1.88 bits per heavy atom. The normalized spacial score (nSPS) is 11.8. The predicted molar refractivity (Wildman–Crippen MR) is 94.6 cm³/mol. The first kappa shape index (κ1) is 18.6. The maximum Gasteiger partial charge on any atom is 0.255 e. The second-order valence-electron chi connectivity index (χ2n) is 5.58. The summed E-state index contributed by atoms with van der Waals surface area (Å²) in [5.41, 5.74) is 2.40. The van der Waals surface area contributed by atoms with Gasteiger partial charge in [0.2, 0.25) is 5.75 Å². The second kappa shape index (κ2) is 7.92. The van der Waals surface area contributed by atoms with Crippen LogP contribution >= 0.6 is 0 Å². The van der Waals surface area contributed by atoms with Crippen molar-refractivity contribution in [1.29, 1.82) is 0 Å². The number of ether oxygens (including phenoxy) is 3. The highest BCUT2D eigenvalue weighted by atomic mass is 16.5. The van der Waals surface area contributed by atoms with Crippen molar-refractivity contribution in [2.45, 2.75) is 33.4 Å². The molecule has 0 aliphatic heterocycles. The third-order valence-corrected chi connectivity index (χ3v) is 4.20. The first-order valence-electron chi connectivity index (χ1n) is 8.10. The predicted octanol–water partition coefficient (Wildman–Crippen LogP) is 2.73. The van der Waals surface area contributed by atoms with Gasteiger partial charge in [-0.1, -0.05) is 0 Å². The number of nitrogens with zero attached hydrogens (tertiary/aromatic N) is 2. The number of carbonyl (C=O) groups is 1. The summed E-state index contributed by atoms with van der Waals surface area (Å²) in [6.07, 6.45) is 1.79. The van der Waals surface area contributed by atoms with Gasteiger partial charge in [0.1, 0.15) is 0 Å². The molecule has 0 aliphatic carbocycles. The number of benzene rings is 1. The average molecular weight is 347 g/mol. The summed E-state index contributed by atoms with van der Waals surface area (Å²) in [7, 11) is 4.54. The van der Waals surface area contributed by atoms with Gasteiger partial charge in [-0.3, -0.25) is 9.48 Å². The van der Waals surface area contributed by atoms with Crippen molar-refractivity contribution in [3.8, 4) is 17.2 Å². The molecule has 1 amide bonds. The Hall–Kier alpha value is -2.70. The summed E-state index contributed by atoms with van der Waals surface area (Å²) in [5, 5.41) is 7.31. The van der Waals surface area contributed by atoms with Crippen LogP contribution in [0, 0.1) is 6.92 Å². The monoisotopic (exact) mass is 347 g/mol. The van der Waals surface area contributed by atoms with E-state index in [0.29, 0.717) is 22.8 Å². The Bertz CT molecular complexity index is 755. The van der Waals surface area contributed by atoms with Crippen LogP contribution in [0.4, 0.5) is 0 Å². The first-order chi connectivity index (χ1) is 12.0. The Kier molecular flexibility index (Phi) is 5.90. The molecule has 136 valence electrons. The van der Waals surface area contributed by atoms with Gasteiger partial charge in [-0.2, -0.15) is 5.10 Å². The first-order valence-corrected chi connectivity index (χ1v) is 8.10. The van der Waals surface area contributed by atoms with Crippen LogP contribution in [0.2, 0.25) is 0 Å². The lowest BCUT2D eigenvalue weighted by molar-refractivity contribution is 0.0936. The van der Waals surface area contributed by atoms with Gasteiger partial charge in [-0.05, 0) is 32.9 Å². The van der Waals surface area contributed by atoms with Crippen molar-refractivity contribution < 1.29 is 19.0 Å². The summed E-state index contributed by atoms with van der Waals surface area (Å²) in [6.45, 7) is 6.73. The molecule has 1 unspecified atom stereocenters. The van der Waals surface area contributed by atoms with Crippen LogP contribution in [0.15, 0.2) is 18.3 Å². The van der Waals surface area contributed by atoms with E-state index in [1.54, 1.807) is 18.3 Å². The SMILES string of the molecule is CCn1ncc(C(C)NC(=O)c2ccc(OC)c(OC)c2OC)c1C. The van der Waals surface area contributed by atoms with E-state index >= 15 is 0 Å². The molecule has 2 aromatic rings. The third-order valence-electron chi connectivity index (χ3n) is 4.20. The molecule has 0 radical (unpaired) electrons. The van der Waals surface area contributed by atoms with E-state index in [1.165, 1.54) is 21.3 Å². The number of hydrogen-bond acceptors (Lipinski definition) is 5. The lowest BCUT2D eigenvalue weighted by Crippen LogP contribution is -2.27. The summed E-state index contributed by atoms with van der Waals surface area (Å²) < 4.78 is 17.9. The van der Waals surface area contributed by atoms with Crippen LogP contribution in [-0.4, -0.2) is 37.0 Å². The Morgan fingerprint density at radius 1 is 1.20 bits per heavy atom. The van der Waals surface area contributed by atoms with E-state index in [9.17, 15) is 4.79 Å². The number of nitrogens with one attached hydrogen (secondary N) is 1. The van der Waals surface area contributed by atoms with Gasteiger partial charge in [0.15, 0.2) is 11.5 Å². The Balaban J connectivity index is 2.30. The minimum atomic E-state index is -0.256. The number of rotatable bonds is 7. The molecule has 7 heteroatoms. The number of methoxy groups -OCH3 is 3. The van der Waals surface area contributed by atoms with E-state index < -0.39 is 0 Å². The largest absolute Gasteiger partial charge is 0.493 e. The molecular formula is C18H25N3O4. The number of aromatic nitrogens is 2. The van der Waals surface area contributed by atoms with Crippen molar-refractivity contribution in [2.75, 3.05) is 21.3 Å². The molecule has 1 aromatic heterocycles. The molecule has 1 aromatic carbocycles. The average Bonchev–Trinajstić information content (AvgIpc) is 3.00. The van der Waals surface area contributed by atoms with Crippen molar-refractivity contribution >= 4 is 5.91 Å². The van der Waals surface area contributed by atoms with Crippen LogP contribution in [0.5, 0.6) is 17.2 Å². The van der Waals surface area contributed by atoms with E-state index in [-0.39, 0.29) is 11.9 Å². The van der Waals surface area contributed by atoms with Crippen LogP contribution in [-0.2, 0) is 6.54 Å². The zero-order valence-electron chi connectivity index (χ0n) is 15.5. The Labute approximate surface area is 147 Å². The van der Waals surface area contributed by atoms with Gasteiger partial charge >= 0.3 is 0 Å². The molecule has 7 nitrogen and oxygen atoms in total. The highest BCUT2D eigenvalue weighted by Crippen LogP contribution is 2.39. The van der Waals surface area contributed by atoms with Crippen LogP contribution in [0.25, 0.3) is 0 Å². The summed E-state index contributed by atoms with van der Waals surface area (Å²) >= 11 is 0. The van der Waals surface area contributed by atoms with Gasteiger partial charge in [-0.15, -0.1) is 0 Å². The van der Waals surface area contributed by atoms with Crippen molar-refractivity contribution in [3.05, 3.63) is 35.2 Å². The number of amides is 1. The fraction of sp³-hybridized carbons (Fsp3) is 0.444. The highest BCUT2D eigenvalue weighted by Gasteiger charge is 2.23. The van der Waals surface area contributed by atoms with Gasteiger partial charge in [0, 0.05) is 17.8 Å². The zero-order chi connectivity index (χ0) is 18.6. The molecule has 1 N–H and O–H groups in total. The lowest BCUT2D eigenvalue weighted by atomic mass is 10.1. The maximum atomic E-state index is 12.7. The Morgan fingerprint density at radius 3 is 2.40 bits per heavy atom. The summed E-state index contributed by atoms with van der Waals surface area (Å²) in [5.74, 6) is 0.978. The second-order valence-corrected chi connectivity index (χ2v) is 5.58. The topological polar surface area (TPSA) is 74.6 Å². The maximum absolute atomic E-state index is 12.7. The van der Waals surface area contributed by atoms with Crippen LogP contribution in [0.1, 0.15) is 41.5 Å². The molecule has 1 heterocycles.